The van der Waals surface area contributed by atoms with Gasteiger partial charge in [0.2, 0.25) is 5.91 Å². The Bertz CT molecular complexity index is 614. The van der Waals surface area contributed by atoms with Gasteiger partial charge < -0.3 is 5.32 Å². The Morgan fingerprint density at radius 2 is 2.05 bits per heavy atom. The molecule has 4 nitrogen and oxygen atoms in total. The van der Waals surface area contributed by atoms with E-state index in [-0.39, 0.29) is 17.3 Å². The molecule has 1 aromatic rings. The van der Waals surface area contributed by atoms with E-state index in [1.54, 1.807) is 6.07 Å². The summed E-state index contributed by atoms with van der Waals surface area (Å²) in [4.78, 5) is 11.7. The van der Waals surface area contributed by atoms with E-state index in [1.165, 1.54) is 25.1 Å². The average molecular weight is 336 g/mol. The number of sulfone groups is 1. The van der Waals surface area contributed by atoms with Gasteiger partial charge in [-0.05, 0) is 24.6 Å². The Hall–Kier alpha value is -1.04. The molecule has 1 atom stereocenters. The zero-order valence-electron chi connectivity index (χ0n) is 10.9. The summed E-state index contributed by atoms with van der Waals surface area (Å²) in [5.41, 5.74) is 0.489. The van der Waals surface area contributed by atoms with Gasteiger partial charge in [0.15, 0.2) is 9.84 Å². The minimum atomic E-state index is -3.62. The Morgan fingerprint density at radius 1 is 1.40 bits per heavy atom. The first-order valence-corrected chi connectivity index (χ1v) is 8.29. The van der Waals surface area contributed by atoms with Gasteiger partial charge in [0.05, 0.1) is 15.8 Å². The SMILES string of the molecule is C=CCNC(=O)C(C)S(=O)(=O)Cc1ccc(Cl)c(Cl)c1. The van der Waals surface area contributed by atoms with Crippen molar-refractivity contribution in [3.63, 3.8) is 0 Å². The molecule has 0 spiro atoms. The Labute approximate surface area is 128 Å². The van der Waals surface area contributed by atoms with Crippen LogP contribution in [0.25, 0.3) is 0 Å². The highest BCUT2D eigenvalue weighted by Crippen LogP contribution is 2.24. The second-order valence-electron chi connectivity index (χ2n) is 4.23. The van der Waals surface area contributed by atoms with Crippen molar-refractivity contribution in [3.8, 4) is 0 Å². The summed E-state index contributed by atoms with van der Waals surface area (Å²) in [7, 11) is -3.62. The van der Waals surface area contributed by atoms with Crippen molar-refractivity contribution >= 4 is 38.9 Å². The van der Waals surface area contributed by atoms with Gasteiger partial charge in [-0.1, -0.05) is 35.3 Å². The second-order valence-corrected chi connectivity index (χ2v) is 7.37. The average Bonchev–Trinajstić information content (AvgIpc) is 2.39. The monoisotopic (exact) mass is 335 g/mol. The van der Waals surface area contributed by atoms with E-state index < -0.39 is 21.0 Å². The lowest BCUT2D eigenvalue weighted by molar-refractivity contribution is -0.120. The first kappa shape index (κ1) is 17.0. The minimum Gasteiger partial charge on any atom is -0.352 e. The summed E-state index contributed by atoms with van der Waals surface area (Å²) in [5, 5.41) is 1.95. The number of carbonyl (C=O) groups excluding carboxylic acids is 1. The fourth-order valence-electron chi connectivity index (χ4n) is 1.47. The Morgan fingerprint density at radius 3 is 2.60 bits per heavy atom. The number of rotatable bonds is 6. The maximum atomic E-state index is 12.1. The molecule has 0 saturated carbocycles. The molecule has 7 heteroatoms. The van der Waals surface area contributed by atoms with Crippen LogP contribution in [0.3, 0.4) is 0 Å². The van der Waals surface area contributed by atoms with Crippen molar-refractivity contribution in [1.82, 2.24) is 5.32 Å². The van der Waals surface area contributed by atoms with E-state index in [1.807, 2.05) is 0 Å². The van der Waals surface area contributed by atoms with Crippen LogP contribution >= 0.6 is 23.2 Å². The number of hydrogen-bond acceptors (Lipinski definition) is 3. The number of nitrogens with one attached hydrogen (secondary N) is 1. The molecule has 1 N–H and O–H groups in total. The number of hydrogen-bond donors (Lipinski definition) is 1. The highest BCUT2D eigenvalue weighted by atomic mass is 35.5. The molecule has 0 bridgehead atoms. The summed E-state index contributed by atoms with van der Waals surface area (Å²) in [6, 6.07) is 4.58. The molecule has 20 heavy (non-hydrogen) atoms. The van der Waals surface area contributed by atoms with Crippen molar-refractivity contribution in [1.29, 1.82) is 0 Å². The van der Waals surface area contributed by atoms with Crippen LogP contribution in [0.2, 0.25) is 10.0 Å². The fourth-order valence-corrected chi connectivity index (χ4v) is 3.09. The van der Waals surface area contributed by atoms with E-state index in [2.05, 4.69) is 11.9 Å². The van der Waals surface area contributed by atoms with Gasteiger partial charge in [-0.25, -0.2) is 8.42 Å². The third kappa shape index (κ3) is 4.51. The first-order chi connectivity index (χ1) is 9.27. The van der Waals surface area contributed by atoms with Crippen LogP contribution in [-0.2, 0) is 20.4 Å². The normalized spacial score (nSPS) is 12.8. The van der Waals surface area contributed by atoms with E-state index >= 15 is 0 Å². The molecule has 110 valence electrons. The van der Waals surface area contributed by atoms with E-state index in [0.717, 1.165) is 0 Å². The highest BCUT2D eigenvalue weighted by molar-refractivity contribution is 7.92. The summed E-state index contributed by atoms with van der Waals surface area (Å²) in [6.45, 7) is 5.03. The largest absolute Gasteiger partial charge is 0.352 e. The number of benzene rings is 1. The molecular formula is C13H15Cl2NO3S. The van der Waals surface area contributed by atoms with Gasteiger partial charge in [-0.3, -0.25) is 4.79 Å². The lowest BCUT2D eigenvalue weighted by Crippen LogP contribution is -2.38. The molecule has 0 heterocycles. The highest BCUT2D eigenvalue weighted by Gasteiger charge is 2.27. The minimum absolute atomic E-state index is 0.228. The van der Waals surface area contributed by atoms with Crippen molar-refractivity contribution < 1.29 is 13.2 Å². The molecule has 0 aliphatic heterocycles. The topological polar surface area (TPSA) is 63.2 Å². The van der Waals surface area contributed by atoms with Crippen molar-refractivity contribution in [2.24, 2.45) is 0 Å². The van der Waals surface area contributed by atoms with Gasteiger partial charge in [-0.15, -0.1) is 6.58 Å². The Kier molecular flexibility index (Phi) is 6.05. The van der Waals surface area contributed by atoms with Crippen molar-refractivity contribution in [3.05, 3.63) is 46.5 Å². The van der Waals surface area contributed by atoms with Gasteiger partial charge in [0.1, 0.15) is 5.25 Å². The summed E-state index contributed by atoms with van der Waals surface area (Å²) in [5.74, 6) is -0.822. The second kappa shape index (κ2) is 7.11. The molecule has 0 radical (unpaired) electrons. The van der Waals surface area contributed by atoms with E-state index in [9.17, 15) is 13.2 Å². The molecule has 1 rings (SSSR count). The molecule has 1 unspecified atom stereocenters. The Balaban J connectivity index is 2.85. The predicted octanol–water partition coefficient (Wildman–Crippen LogP) is 2.60. The predicted molar refractivity (Wildman–Crippen MR) is 81.8 cm³/mol. The lowest BCUT2D eigenvalue weighted by Gasteiger charge is -2.13. The summed E-state index contributed by atoms with van der Waals surface area (Å²) >= 11 is 11.6. The molecule has 0 aliphatic carbocycles. The summed E-state index contributed by atoms with van der Waals surface area (Å²) in [6.07, 6.45) is 1.48. The zero-order valence-corrected chi connectivity index (χ0v) is 13.2. The number of carbonyl (C=O) groups is 1. The van der Waals surface area contributed by atoms with Gasteiger partial charge in [0, 0.05) is 6.54 Å². The molecule has 1 amide bonds. The number of halogens is 2. The van der Waals surface area contributed by atoms with Crippen LogP contribution in [0, 0.1) is 0 Å². The molecule has 1 aromatic carbocycles. The molecular weight excluding hydrogens is 321 g/mol. The molecule has 0 aliphatic rings. The van der Waals surface area contributed by atoms with E-state index in [4.69, 9.17) is 23.2 Å². The number of amides is 1. The first-order valence-electron chi connectivity index (χ1n) is 5.82. The lowest BCUT2D eigenvalue weighted by atomic mass is 10.2. The van der Waals surface area contributed by atoms with E-state index in [0.29, 0.717) is 10.6 Å². The quantitative estimate of drug-likeness (QED) is 0.812. The van der Waals surface area contributed by atoms with Crippen LogP contribution in [0.1, 0.15) is 12.5 Å². The van der Waals surface area contributed by atoms with Gasteiger partial charge >= 0.3 is 0 Å². The standard InChI is InChI=1S/C13H15Cl2NO3S/c1-3-6-16-13(17)9(2)20(18,19)8-10-4-5-11(14)12(15)7-10/h3-5,7,9H,1,6,8H2,2H3,(H,16,17). The molecule has 0 fully saturated rings. The van der Waals surface area contributed by atoms with Crippen molar-refractivity contribution in [2.45, 2.75) is 17.9 Å². The van der Waals surface area contributed by atoms with Crippen LogP contribution in [0.4, 0.5) is 0 Å². The smallest absolute Gasteiger partial charge is 0.238 e. The summed E-state index contributed by atoms with van der Waals surface area (Å²) < 4.78 is 24.3. The third-order valence-electron chi connectivity index (χ3n) is 2.68. The maximum absolute atomic E-state index is 12.1. The van der Waals surface area contributed by atoms with Crippen LogP contribution in [0.5, 0.6) is 0 Å². The third-order valence-corrected chi connectivity index (χ3v) is 5.45. The fraction of sp³-hybridized carbons (Fsp3) is 0.308. The van der Waals surface area contributed by atoms with Crippen LogP contribution in [-0.4, -0.2) is 26.1 Å². The van der Waals surface area contributed by atoms with Crippen LogP contribution < -0.4 is 5.32 Å². The molecule has 0 aromatic heterocycles. The molecule has 0 saturated heterocycles. The van der Waals surface area contributed by atoms with Gasteiger partial charge in [-0.2, -0.15) is 0 Å². The maximum Gasteiger partial charge on any atom is 0.238 e. The van der Waals surface area contributed by atoms with Crippen LogP contribution in [0.15, 0.2) is 30.9 Å². The van der Waals surface area contributed by atoms with Crippen molar-refractivity contribution in [2.75, 3.05) is 6.54 Å². The zero-order chi connectivity index (χ0) is 15.3. The van der Waals surface area contributed by atoms with Gasteiger partial charge in [0.25, 0.3) is 0 Å².